The van der Waals surface area contributed by atoms with E-state index in [0.29, 0.717) is 16.8 Å². The second-order valence-electron chi connectivity index (χ2n) is 8.87. The van der Waals surface area contributed by atoms with Gasteiger partial charge in [0.1, 0.15) is 11.2 Å². The molecule has 1 saturated heterocycles. The number of hydrogen-bond donors (Lipinski definition) is 1. The first-order valence-electron chi connectivity index (χ1n) is 11.0. The highest BCUT2D eigenvalue weighted by molar-refractivity contribution is 6.25. The van der Waals surface area contributed by atoms with Crippen molar-refractivity contribution in [1.29, 1.82) is 0 Å². The van der Waals surface area contributed by atoms with Gasteiger partial charge in [0, 0.05) is 12.8 Å². The van der Waals surface area contributed by atoms with Crippen LogP contribution in [0.5, 0.6) is 5.75 Å². The number of rotatable bonds is 3. The van der Waals surface area contributed by atoms with Crippen LogP contribution in [0.2, 0.25) is 0 Å². The summed E-state index contributed by atoms with van der Waals surface area (Å²) in [6, 6.07) is 20.5. The van der Waals surface area contributed by atoms with E-state index in [1.807, 2.05) is 24.3 Å². The van der Waals surface area contributed by atoms with Gasteiger partial charge < -0.3 is 9.84 Å². The molecule has 4 aliphatic rings. The lowest BCUT2D eigenvalue weighted by Crippen LogP contribution is -2.57. The van der Waals surface area contributed by atoms with Gasteiger partial charge in [-0.25, -0.2) is 4.90 Å². The van der Waals surface area contributed by atoms with Crippen molar-refractivity contribution in [2.24, 2.45) is 11.8 Å². The van der Waals surface area contributed by atoms with E-state index in [9.17, 15) is 24.3 Å². The van der Waals surface area contributed by atoms with E-state index in [1.165, 1.54) is 31.2 Å². The Kier molecular flexibility index (Phi) is 4.11. The van der Waals surface area contributed by atoms with Crippen molar-refractivity contribution >= 4 is 29.4 Å². The third-order valence-corrected chi connectivity index (χ3v) is 7.31. The standard InChI is InChI=1S/C27H19NO6/c1-14(29)34-16-12-10-15(11-13-16)28-24(30)22-21-17-6-2-4-8-19(17)27(26(32)33,23(22)25(28)31)20-9-5-3-7-18(20)21/h2-13,21-23H,1H3,(H,32,33)/t21?,22-,23-,27?/m1/s1. The highest BCUT2D eigenvalue weighted by Gasteiger charge is 2.71. The number of carbonyl (C=O) groups excluding carboxylic acids is 3. The molecule has 1 heterocycles. The molecule has 7 heteroatoms. The fourth-order valence-electron chi connectivity index (χ4n) is 6.22. The number of imide groups is 1. The number of carboxylic acid groups (broad SMARTS) is 1. The maximum absolute atomic E-state index is 13.9. The molecule has 1 aliphatic heterocycles. The molecule has 3 aromatic rings. The Hall–Kier alpha value is -4.26. The van der Waals surface area contributed by atoms with E-state index in [-0.39, 0.29) is 5.75 Å². The summed E-state index contributed by atoms with van der Waals surface area (Å²) in [7, 11) is 0. The van der Waals surface area contributed by atoms with Crippen LogP contribution in [-0.4, -0.2) is 28.9 Å². The predicted octanol–water partition coefficient (Wildman–Crippen LogP) is 3.25. The molecule has 168 valence electrons. The first kappa shape index (κ1) is 20.4. The Balaban J connectivity index is 1.56. The van der Waals surface area contributed by atoms with Crippen LogP contribution < -0.4 is 9.64 Å². The number of carboxylic acids is 1. The van der Waals surface area contributed by atoms with E-state index in [4.69, 9.17) is 4.74 Å². The molecule has 1 N–H and O–H groups in total. The van der Waals surface area contributed by atoms with Gasteiger partial charge in [0.05, 0.1) is 17.5 Å². The Morgan fingerprint density at radius 3 is 1.94 bits per heavy atom. The molecule has 2 amide bonds. The summed E-state index contributed by atoms with van der Waals surface area (Å²) in [5.74, 6) is -4.62. The van der Waals surface area contributed by atoms with E-state index in [2.05, 4.69) is 0 Å². The minimum Gasteiger partial charge on any atom is -0.480 e. The van der Waals surface area contributed by atoms with Gasteiger partial charge in [-0.05, 0) is 46.5 Å². The van der Waals surface area contributed by atoms with Crippen molar-refractivity contribution in [2.45, 2.75) is 18.3 Å². The van der Waals surface area contributed by atoms with Crippen LogP contribution in [0.15, 0.2) is 72.8 Å². The van der Waals surface area contributed by atoms with Gasteiger partial charge in [-0.2, -0.15) is 0 Å². The van der Waals surface area contributed by atoms with Crippen LogP contribution in [-0.2, 0) is 24.6 Å². The first-order valence-corrected chi connectivity index (χ1v) is 11.0. The normalized spacial score (nSPS) is 26.0. The van der Waals surface area contributed by atoms with E-state index in [1.54, 1.807) is 24.3 Å². The summed E-state index contributed by atoms with van der Waals surface area (Å²) in [5, 5.41) is 10.7. The molecule has 0 radical (unpaired) electrons. The third kappa shape index (κ3) is 2.36. The molecular formula is C27H19NO6. The van der Waals surface area contributed by atoms with Crippen molar-refractivity contribution in [1.82, 2.24) is 0 Å². The van der Waals surface area contributed by atoms with Gasteiger partial charge in [-0.1, -0.05) is 48.5 Å². The lowest BCUT2D eigenvalue weighted by molar-refractivity contribution is -0.149. The monoisotopic (exact) mass is 453 g/mol. The number of nitrogens with zero attached hydrogens (tertiary/aromatic N) is 1. The molecule has 0 unspecified atom stereocenters. The number of benzene rings is 3. The van der Waals surface area contributed by atoms with Gasteiger partial charge >= 0.3 is 11.9 Å². The Labute approximate surface area is 194 Å². The Morgan fingerprint density at radius 2 is 1.41 bits per heavy atom. The lowest BCUT2D eigenvalue weighted by Gasteiger charge is -2.51. The summed E-state index contributed by atoms with van der Waals surface area (Å²) in [4.78, 5) is 53.1. The second kappa shape index (κ2) is 6.87. The van der Waals surface area contributed by atoms with Crippen molar-refractivity contribution in [2.75, 3.05) is 4.90 Å². The average Bonchev–Trinajstić information content (AvgIpc) is 3.10. The second-order valence-corrected chi connectivity index (χ2v) is 8.87. The molecule has 0 spiro atoms. The number of ether oxygens (including phenoxy) is 1. The van der Waals surface area contributed by atoms with Crippen LogP contribution in [0.25, 0.3) is 0 Å². The molecule has 0 aromatic heterocycles. The van der Waals surface area contributed by atoms with Crippen molar-refractivity contribution in [3.8, 4) is 5.75 Å². The molecule has 3 aromatic carbocycles. The summed E-state index contributed by atoms with van der Waals surface area (Å²) >= 11 is 0. The fourth-order valence-corrected chi connectivity index (χ4v) is 6.22. The number of anilines is 1. The molecule has 2 bridgehead atoms. The van der Waals surface area contributed by atoms with Gasteiger partial charge in [0.15, 0.2) is 0 Å². The van der Waals surface area contributed by atoms with Crippen molar-refractivity contribution in [3.05, 3.63) is 95.1 Å². The molecule has 7 nitrogen and oxygen atoms in total. The van der Waals surface area contributed by atoms with Crippen LogP contribution in [0, 0.1) is 11.8 Å². The maximum Gasteiger partial charge on any atom is 0.319 e. The topological polar surface area (TPSA) is 101 Å². The molecule has 34 heavy (non-hydrogen) atoms. The highest BCUT2D eigenvalue weighted by atomic mass is 16.5. The molecule has 3 aliphatic carbocycles. The maximum atomic E-state index is 13.9. The molecule has 1 fully saturated rings. The number of aliphatic carboxylic acids is 1. The zero-order valence-corrected chi connectivity index (χ0v) is 18.1. The van der Waals surface area contributed by atoms with Gasteiger partial charge in [0.2, 0.25) is 11.8 Å². The predicted molar refractivity (Wildman–Crippen MR) is 120 cm³/mol. The highest BCUT2D eigenvalue weighted by Crippen LogP contribution is 2.64. The SMILES string of the molecule is CC(=O)Oc1ccc(N2C(=O)[C@@H]3C4c5ccccc5C(C(=O)O)(c5ccccc54)[C@H]3C2=O)cc1. The van der Waals surface area contributed by atoms with Gasteiger partial charge in [-0.3, -0.25) is 19.2 Å². The summed E-state index contributed by atoms with van der Waals surface area (Å²) in [5.41, 5.74) is 1.34. The minimum atomic E-state index is -1.66. The quantitative estimate of drug-likeness (QED) is 0.371. The van der Waals surface area contributed by atoms with E-state index < -0.39 is 46.9 Å². The zero-order valence-electron chi connectivity index (χ0n) is 18.1. The summed E-state index contributed by atoms with van der Waals surface area (Å²) < 4.78 is 5.05. The number of esters is 1. The summed E-state index contributed by atoms with van der Waals surface area (Å²) in [6.45, 7) is 1.28. The van der Waals surface area contributed by atoms with Crippen molar-refractivity contribution in [3.63, 3.8) is 0 Å². The van der Waals surface area contributed by atoms with Gasteiger partial charge in [0.25, 0.3) is 0 Å². The van der Waals surface area contributed by atoms with Crippen LogP contribution in [0.1, 0.15) is 35.1 Å². The lowest BCUT2D eigenvalue weighted by atomic mass is 9.47. The Morgan fingerprint density at radius 1 is 0.853 bits per heavy atom. The third-order valence-electron chi connectivity index (χ3n) is 7.31. The molecule has 2 atom stereocenters. The number of hydrogen-bond acceptors (Lipinski definition) is 5. The van der Waals surface area contributed by atoms with Gasteiger partial charge in [-0.15, -0.1) is 0 Å². The molecule has 0 saturated carbocycles. The van der Waals surface area contributed by atoms with E-state index >= 15 is 0 Å². The molecular weight excluding hydrogens is 434 g/mol. The van der Waals surface area contributed by atoms with Crippen LogP contribution in [0.3, 0.4) is 0 Å². The van der Waals surface area contributed by atoms with E-state index in [0.717, 1.165) is 16.0 Å². The number of amides is 2. The largest absolute Gasteiger partial charge is 0.480 e. The first-order chi connectivity index (χ1) is 16.4. The fraction of sp³-hybridized carbons (Fsp3) is 0.185. The average molecular weight is 453 g/mol. The van der Waals surface area contributed by atoms with Crippen LogP contribution >= 0.6 is 0 Å². The smallest absolute Gasteiger partial charge is 0.319 e. The van der Waals surface area contributed by atoms with Crippen LogP contribution in [0.4, 0.5) is 5.69 Å². The minimum absolute atomic E-state index is 0.287. The zero-order chi connectivity index (χ0) is 23.8. The van der Waals surface area contributed by atoms with Crippen molar-refractivity contribution < 1.29 is 29.0 Å². The number of carbonyl (C=O) groups is 4. The molecule has 7 rings (SSSR count). The Bertz CT molecular complexity index is 1360. The summed E-state index contributed by atoms with van der Waals surface area (Å²) in [6.07, 6.45) is 0.